The summed E-state index contributed by atoms with van der Waals surface area (Å²) in [6, 6.07) is 9.08. The molecule has 1 saturated heterocycles. The maximum absolute atomic E-state index is 13.5. The van der Waals surface area contributed by atoms with Gasteiger partial charge in [-0.2, -0.15) is 8.42 Å². The monoisotopic (exact) mass is 462 g/mol. The molecule has 1 unspecified atom stereocenters. The van der Waals surface area contributed by atoms with Gasteiger partial charge in [0.25, 0.3) is 5.92 Å². The lowest BCUT2D eigenvalue weighted by molar-refractivity contribution is -0.119. The molecule has 2 fully saturated rings. The van der Waals surface area contributed by atoms with E-state index in [0.29, 0.717) is 37.3 Å². The van der Waals surface area contributed by atoms with Crippen molar-refractivity contribution in [2.24, 2.45) is 5.92 Å². The van der Waals surface area contributed by atoms with E-state index in [4.69, 9.17) is 4.98 Å². The Kier molecular flexibility index (Phi) is 4.70. The molecular weight excluding hydrogens is 438 g/mol. The molecule has 2 aromatic rings. The van der Waals surface area contributed by atoms with Gasteiger partial charge in [0.1, 0.15) is 11.6 Å². The first-order chi connectivity index (χ1) is 15.1. The van der Waals surface area contributed by atoms with Gasteiger partial charge >= 0.3 is 10.2 Å². The molecule has 32 heavy (non-hydrogen) atoms. The summed E-state index contributed by atoms with van der Waals surface area (Å²) in [5.74, 6) is -2.72. The van der Waals surface area contributed by atoms with E-state index in [-0.39, 0.29) is 18.7 Å². The van der Waals surface area contributed by atoms with Crippen LogP contribution in [0.25, 0.3) is 11.3 Å². The number of benzene rings is 1. The second-order valence-electron chi connectivity index (χ2n) is 8.73. The van der Waals surface area contributed by atoms with Crippen LogP contribution in [0.4, 0.5) is 26.0 Å². The lowest BCUT2D eigenvalue weighted by atomic mass is 10.0. The van der Waals surface area contributed by atoms with Crippen molar-refractivity contribution in [2.75, 3.05) is 40.2 Å². The zero-order chi connectivity index (χ0) is 22.8. The molecule has 2 aliphatic heterocycles. The molecule has 5 rings (SSSR count). The Labute approximate surface area is 185 Å². The molecule has 1 aromatic carbocycles. The smallest absolute Gasteiger partial charge is 0.326 e. The van der Waals surface area contributed by atoms with Gasteiger partial charge in [-0.05, 0) is 30.7 Å². The van der Waals surface area contributed by atoms with Crippen molar-refractivity contribution in [3.8, 4) is 11.3 Å². The van der Waals surface area contributed by atoms with E-state index in [1.54, 1.807) is 18.2 Å². The minimum absolute atomic E-state index is 0.230. The summed E-state index contributed by atoms with van der Waals surface area (Å²) < 4.78 is 54.9. The number of alkyl halides is 2. The molecule has 3 heterocycles. The summed E-state index contributed by atoms with van der Waals surface area (Å²) in [5, 5.41) is 0. The third-order valence-electron chi connectivity index (χ3n) is 6.55. The van der Waals surface area contributed by atoms with Gasteiger partial charge in [0.05, 0.1) is 17.1 Å². The van der Waals surface area contributed by atoms with Crippen LogP contribution in [-0.2, 0) is 15.0 Å². The number of Topliss-reactive ketones (excluding diaryl/α,β-unsaturated/α-hetero) is 1. The molecule has 7 nitrogen and oxygen atoms in total. The van der Waals surface area contributed by atoms with E-state index in [1.807, 2.05) is 19.1 Å². The Morgan fingerprint density at radius 2 is 1.81 bits per heavy atom. The van der Waals surface area contributed by atoms with Crippen LogP contribution in [0.15, 0.2) is 30.3 Å². The van der Waals surface area contributed by atoms with Crippen molar-refractivity contribution in [1.82, 2.24) is 4.98 Å². The molecule has 1 atom stereocenters. The highest BCUT2D eigenvalue weighted by atomic mass is 32.2. The van der Waals surface area contributed by atoms with Gasteiger partial charge in [0.2, 0.25) is 0 Å². The average Bonchev–Trinajstić information content (AvgIpc) is 3.32. The van der Waals surface area contributed by atoms with Crippen molar-refractivity contribution >= 4 is 33.2 Å². The molecule has 3 aliphatic rings. The molecule has 170 valence electrons. The van der Waals surface area contributed by atoms with E-state index >= 15 is 0 Å². The number of rotatable bonds is 4. The Bertz CT molecular complexity index is 1210. The SMILES string of the molecule is Cc1ccc(N2CCC(=O)CC2)nc1-c1ccc2c(c1)N(C)S(=O)(=O)N2CC1CC1(F)F. The van der Waals surface area contributed by atoms with E-state index in [0.717, 1.165) is 31.2 Å². The first-order valence-corrected chi connectivity index (χ1v) is 12.0. The number of carbonyl (C=O) groups excluding carboxylic acids is 1. The molecular formula is C22H24F2N4O3S. The summed E-state index contributed by atoms with van der Waals surface area (Å²) in [5.41, 5.74) is 3.25. The van der Waals surface area contributed by atoms with Crippen LogP contribution in [0.1, 0.15) is 24.8 Å². The normalized spacial score (nSPS) is 23.4. The largest absolute Gasteiger partial charge is 0.356 e. The second kappa shape index (κ2) is 7.13. The molecule has 1 aromatic heterocycles. The number of halogens is 2. The third-order valence-corrected chi connectivity index (χ3v) is 8.34. The topological polar surface area (TPSA) is 73.8 Å². The summed E-state index contributed by atoms with van der Waals surface area (Å²) in [6.45, 7) is 2.95. The molecule has 1 aliphatic carbocycles. The summed E-state index contributed by atoms with van der Waals surface area (Å²) in [7, 11) is -2.46. The van der Waals surface area contributed by atoms with Crippen LogP contribution in [-0.4, -0.2) is 51.8 Å². The first-order valence-electron chi connectivity index (χ1n) is 10.6. The van der Waals surface area contributed by atoms with Crippen molar-refractivity contribution < 1.29 is 22.0 Å². The number of anilines is 3. The van der Waals surface area contributed by atoms with Crippen molar-refractivity contribution in [1.29, 1.82) is 0 Å². The fourth-order valence-electron chi connectivity index (χ4n) is 4.36. The number of fused-ring (bicyclic) bond motifs is 1. The van der Waals surface area contributed by atoms with Crippen molar-refractivity contribution in [3.05, 3.63) is 35.9 Å². The van der Waals surface area contributed by atoms with Gasteiger partial charge in [-0.15, -0.1) is 0 Å². The standard InChI is InChI=1S/C22H24F2N4O3S/c1-14-3-6-20(27-9-7-17(29)8-10-27)25-21(14)15-4-5-18-19(11-15)26(2)32(30,31)28(18)13-16-12-22(16,23)24/h3-6,11,16H,7-10,12-13H2,1-2H3. The molecule has 0 radical (unpaired) electrons. The number of piperidine rings is 1. The number of pyridine rings is 1. The lowest BCUT2D eigenvalue weighted by Crippen LogP contribution is -2.37. The highest BCUT2D eigenvalue weighted by molar-refractivity contribution is 7.94. The van der Waals surface area contributed by atoms with Crippen LogP contribution < -0.4 is 13.5 Å². The molecule has 0 amide bonds. The van der Waals surface area contributed by atoms with Crippen LogP contribution in [0, 0.1) is 12.8 Å². The Hall–Kier alpha value is -2.75. The predicted molar refractivity (Wildman–Crippen MR) is 119 cm³/mol. The van der Waals surface area contributed by atoms with Crippen LogP contribution in [0.2, 0.25) is 0 Å². The van der Waals surface area contributed by atoms with Gasteiger partial charge < -0.3 is 4.90 Å². The maximum atomic E-state index is 13.5. The predicted octanol–water partition coefficient (Wildman–Crippen LogP) is 3.38. The summed E-state index contributed by atoms with van der Waals surface area (Å²) in [6.07, 6.45) is 0.721. The number of hydrogen-bond donors (Lipinski definition) is 0. The zero-order valence-electron chi connectivity index (χ0n) is 17.9. The Morgan fingerprint density at radius 3 is 2.47 bits per heavy atom. The van der Waals surface area contributed by atoms with E-state index < -0.39 is 22.0 Å². The molecule has 10 heteroatoms. The minimum atomic E-state index is -3.90. The van der Waals surface area contributed by atoms with Crippen LogP contribution in [0.5, 0.6) is 0 Å². The molecule has 1 saturated carbocycles. The molecule has 0 spiro atoms. The highest BCUT2D eigenvalue weighted by Gasteiger charge is 2.59. The summed E-state index contributed by atoms with van der Waals surface area (Å²) in [4.78, 5) is 18.4. The second-order valence-corrected chi connectivity index (χ2v) is 10.6. The van der Waals surface area contributed by atoms with Crippen LogP contribution in [0.3, 0.4) is 0 Å². The molecule has 0 bridgehead atoms. The first kappa shape index (κ1) is 21.1. The number of ketones is 1. The van der Waals surface area contributed by atoms with Gasteiger partial charge in [-0.25, -0.2) is 13.8 Å². The van der Waals surface area contributed by atoms with Gasteiger partial charge in [0.15, 0.2) is 0 Å². The van der Waals surface area contributed by atoms with Gasteiger partial charge in [0, 0.05) is 57.4 Å². The van der Waals surface area contributed by atoms with Gasteiger partial charge in [-0.3, -0.25) is 13.4 Å². The van der Waals surface area contributed by atoms with Gasteiger partial charge in [-0.1, -0.05) is 12.1 Å². The van der Waals surface area contributed by atoms with E-state index in [9.17, 15) is 22.0 Å². The summed E-state index contributed by atoms with van der Waals surface area (Å²) >= 11 is 0. The van der Waals surface area contributed by atoms with Crippen molar-refractivity contribution in [2.45, 2.75) is 32.1 Å². The maximum Gasteiger partial charge on any atom is 0.326 e. The fourth-order valence-corrected chi connectivity index (χ4v) is 5.82. The minimum Gasteiger partial charge on any atom is -0.356 e. The van der Waals surface area contributed by atoms with E-state index in [2.05, 4.69) is 4.90 Å². The quantitative estimate of drug-likeness (QED) is 0.697. The molecule has 0 N–H and O–H groups in total. The zero-order valence-corrected chi connectivity index (χ0v) is 18.7. The van der Waals surface area contributed by atoms with E-state index in [1.165, 1.54) is 7.05 Å². The Balaban J connectivity index is 1.49. The van der Waals surface area contributed by atoms with Crippen LogP contribution >= 0.6 is 0 Å². The number of carbonyl (C=O) groups is 1. The van der Waals surface area contributed by atoms with Crippen molar-refractivity contribution in [3.63, 3.8) is 0 Å². The average molecular weight is 463 g/mol. The third kappa shape index (κ3) is 3.41. The Morgan fingerprint density at radius 1 is 1.12 bits per heavy atom. The lowest BCUT2D eigenvalue weighted by Gasteiger charge is -2.27. The number of aryl methyl sites for hydroxylation is 1. The highest BCUT2D eigenvalue weighted by Crippen LogP contribution is 2.51. The number of nitrogens with zero attached hydrogens (tertiary/aromatic N) is 4. The number of hydrogen-bond acceptors (Lipinski definition) is 5. The fraction of sp³-hybridized carbons (Fsp3) is 0.455. The number of aromatic nitrogens is 1.